The van der Waals surface area contributed by atoms with Crippen LogP contribution in [0.15, 0.2) is 5.11 Å². The van der Waals surface area contributed by atoms with Gasteiger partial charge in [0.25, 0.3) is 0 Å². The highest BCUT2D eigenvalue weighted by molar-refractivity contribution is 4.95. The van der Waals surface area contributed by atoms with Crippen LogP contribution in [0.1, 0.15) is 25.7 Å². The zero-order chi connectivity index (χ0) is 7.45. The first kappa shape index (κ1) is 7.38. The van der Waals surface area contributed by atoms with Gasteiger partial charge in [-0.05, 0) is 24.8 Å². The highest BCUT2D eigenvalue weighted by atomic mass is 16.3. The van der Waals surface area contributed by atoms with Crippen molar-refractivity contribution in [2.75, 3.05) is 6.61 Å². The number of nitrogens with zero attached hydrogens (tertiary/aromatic N) is 3. The number of hydrogen-bond acceptors (Lipinski definition) is 2. The van der Waals surface area contributed by atoms with Gasteiger partial charge in [-0.3, -0.25) is 0 Å². The molecule has 0 atom stereocenters. The maximum Gasteiger partial charge on any atom is 0.0510 e. The lowest BCUT2D eigenvalue weighted by Crippen LogP contribution is -2.35. The van der Waals surface area contributed by atoms with Crippen LogP contribution < -0.4 is 0 Å². The molecule has 0 saturated heterocycles. The molecule has 10 heavy (non-hydrogen) atoms. The first-order valence-corrected chi connectivity index (χ1v) is 3.50. The van der Waals surface area contributed by atoms with Crippen LogP contribution in [-0.2, 0) is 0 Å². The largest absolute Gasteiger partial charge is 0.396 e. The number of hydrogen-bond donors (Lipinski definition) is 1. The van der Waals surface area contributed by atoms with Gasteiger partial charge in [-0.25, -0.2) is 0 Å². The quantitative estimate of drug-likeness (QED) is 0.362. The Labute approximate surface area is 59.5 Å². The Bertz CT molecular complexity index is 158. The van der Waals surface area contributed by atoms with Crippen LogP contribution in [0.5, 0.6) is 0 Å². The number of aliphatic hydroxyl groups excluding tert-OH is 1. The van der Waals surface area contributed by atoms with Gasteiger partial charge >= 0.3 is 0 Å². The SMILES string of the molecule is [N-]=[N+]=NC1(CCO)CCC1. The van der Waals surface area contributed by atoms with Crippen molar-refractivity contribution in [1.29, 1.82) is 0 Å². The van der Waals surface area contributed by atoms with Crippen molar-refractivity contribution in [2.24, 2.45) is 5.11 Å². The minimum atomic E-state index is -0.219. The van der Waals surface area contributed by atoms with E-state index in [0.717, 1.165) is 19.3 Å². The molecule has 1 rings (SSSR count). The van der Waals surface area contributed by atoms with Crippen LogP contribution in [0.4, 0.5) is 0 Å². The third kappa shape index (κ3) is 1.23. The fraction of sp³-hybridized carbons (Fsp3) is 1.00. The molecule has 0 heterocycles. The molecular formula is C6H11N3O. The molecule has 0 amide bonds. The van der Waals surface area contributed by atoms with Crippen molar-refractivity contribution >= 4 is 0 Å². The van der Waals surface area contributed by atoms with Crippen LogP contribution in [0.3, 0.4) is 0 Å². The van der Waals surface area contributed by atoms with Crippen molar-refractivity contribution in [3.8, 4) is 0 Å². The summed E-state index contributed by atoms with van der Waals surface area (Å²) in [7, 11) is 0. The Hall–Kier alpha value is -0.730. The Morgan fingerprint density at radius 3 is 2.60 bits per heavy atom. The van der Waals surface area contributed by atoms with Crippen molar-refractivity contribution in [2.45, 2.75) is 31.2 Å². The summed E-state index contributed by atoms with van der Waals surface area (Å²) in [5, 5.41) is 12.3. The van der Waals surface area contributed by atoms with E-state index in [9.17, 15) is 0 Å². The Morgan fingerprint density at radius 1 is 1.60 bits per heavy atom. The van der Waals surface area contributed by atoms with E-state index in [1.807, 2.05) is 0 Å². The highest BCUT2D eigenvalue weighted by Crippen LogP contribution is 2.38. The van der Waals surface area contributed by atoms with Crippen molar-refractivity contribution in [1.82, 2.24) is 0 Å². The van der Waals surface area contributed by atoms with E-state index in [-0.39, 0.29) is 12.1 Å². The summed E-state index contributed by atoms with van der Waals surface area (Å²) in [6.45, 7) is 0.124. The standard InChI is InChI=1S/C6H11N3O/c7-9-8-6(4-5-10)2-1-3-6/h10H,1-5H2. The Morgan fingerprint density at radius 2 is 2.30 bits per heavy atom. The number of aliphatic hydroxyl groups is 1. The molecule has 1 fully saturated rings. The van der Waals surface area contributed by atoms with Gasteiger partial charge in [0.05, 0.1) is 5.54 Å². The highest BCUT2D eigenvalue weighted by Gasteiger charge is 2.35. The molecule has 1 aliphatic rings. The van der Waals surface area contributed by atoms with E-state index in [2.05, 4.69) is 10.0 Å². The molecule has 4 nitrogen and oxygen atoms in total. The summed E-state index contributed by atoms with van der Waals surface area (Å²) in [6.07, 6.45) is 3.63. The second-order valence-electron chi connectivity index (χ2n) is 2.74. The first-order chi connectivity index (χ1) is 4.83. The van der Waals surface area contributed by atoms with Crippen LogP contribution in [-0.4, -0.2) is 17.3 Å². The van der Waals surface area contributed by atoms with Crippen LogP contribution in [0.2, 0.25) is 0 Å². The summed E-state index contributed by atoms with van der Waals surface area (Å²) < 4.78 is 0. The van der Waals surface area contributed by atoms with E-state index < -0.39 is 0 Å². The maximum absolute atomic E-state index is 8.61. The molecule has 0 radical (unpaired) electrons. The van der Waals surface area contributed by atoms with E-state index in [1.54, 1.807) is 0 Å². The molecule has 56 valence electrons. The molecule has 0 spiro atoms. The molecule has 0 unspecified atom stereocenters. The van der Waals surface area contributed by atoms with Crippen molar-refractivity contribution < 1.29 is 5.11 Å². The fourth-order valence-corrected chi connectivity index (χ4v) is 1.29. The van der Waals surface area contributed by atoms with Gasteiger partial charge in [0, 0.05) is 11.5 Å². The Kier molecular flexibility index (Phi) is 2.14. The average molecular weight is 141 g/mol. The van der Waals surface area contributed by atoms with E-state index in [4.69, 9.17) is 10.6 Å². The molecule has 4 heteroatoms. The maximum atomic E-state index is 8.61. The minimum Gasteiger partial charge on any atom is -0.396 e. The predicted molar refractivity (Wildman–Crippen MR) is 37.4 cm³/mol. The van der Waals surface area contributed by atoms with E-state index in [0.29, 0.717) is 6.42 Å². The third-order valence-corrected chi connectivity index (χ3v) is 2.12. The van der Waals surface area contributed by atoms with Crippen LogP contribution >= 0.6 is 0 Å². The van der Waals surface area contributed by atoms with E-state index >= 15 is 0 Å². The monoisotopic (exact) mass is 141 g/mol. The zero-order valence-corrected chi connectivity index (χ0v) is 5.82. The van der Waals surface area contributed by atoms with Gasteiger partial charge in [0.2, 0.25) is 0 Å². The molecule has 0 aromatic carbocycles. The fourth-order valence-electron chi connectivity index (χ4n) is 1.29. The zero-order valence-electron chi connectivity index (χ0n) is 5.82. The minimum absolute atomic E-state index is 0.124. The molecule has 0 aromatic rings. The van der Waals surface area contributed by atoms with Gasteiger partial charge in [-0.15, -0.1) is 0 Å². The van der Waals surface area contributed by atoms with Gasteiger partial charge < -0.3 is 5.11 Å². The normalized spacial score (nSPS) is 20.9. The first-order valence-electron chi connectivity index (χ1n) is 3.50. The third-order valence-electron chi connectivity index (χ3n) is 2.12. The molecular weight excluding hydrogens is 130 g/mol. The molecule has 0 bridgehead atoms. The topological polar surface area (TPSA) is 69.0 Å². The molecule has 0 aliphatic heterocycles. The smallest absolute Gasteiger partial charge is 0.0510 e. The van der Waals surface area contributed by atoms with Gasteiger partial charge in [0.15, 0.2) is 0 Å². The molecule has 1 saturated carbocycles. The van der Waals surface area contributed by atoms with Crippen molar-refractivity contribution in [3.63, 3.8) is 0 Å². The van der Waals surface area contributed by atoms with Crippen molar-refractivity contribution in [3.05, 3.63) is 10.4 Å². The predicted octanol–water partition coefficient (Wildman–Crippen LogP) is 1.60. The van der Waals surface area contributed by atoms with Crippen LogP contribution in [0.25, 0.3) is 10.4 Å². The lowest BCUT2D eigenvalue weighted by Gasteiger charge is -2.36. The summed E-state index contributed by atoms with van der Waals surface area (Å²) >= 11 is 0. The summed E-state index contributed by atoms with van der Waals surface area (Å²) in [4.78, 5) is 2.76. The van der Waals surface area contributed by atoms with Gasteiger partial charge in [-0.1, -0.05) is 11.5 Å². The lowest BCUT2D eigenvalue weighted by molar-refractivity contribution is 0.173. The summed E-state index contributed by atoms with van der Waals surface area (Å²) in [6, 6.07) is 0. The second-order valence-corrected chi connectivity index (χ2v) is 2.74. The van der Waals surface area contributed by atoms with Crippen LogP contribution in [0, 0.1) is 0 Å². The van der Waals surface area contributed by atoms with E-state index in [1.165, 1.54) is 0 Å². The molecule has 1 N–H and O–H groups in total. The molecule has 1 aliphatic carbocycles. The number of rotatable bonds is 3. The Balaban J connectivity index is 2.50. The average Bonchev–Trinajstić information content (AvgIpc) is 1.84. The van der Waals surface area contributed by atoms with Gasteiger partial charge in [-0.2, -0.15) is 0 Å². The summed E-state index contributed by atoms with van der Waals surface area (Å²) in [5.74, 6) is 0. The summed E-state index contributed by atoms with van der Waals surface area (Å²) in [5.41, 5.74) is 7.95. The lowest BCUT2D eigenvalue weighted by atomic mass is 9.75. The second kappa shape index (κ2) is 2.90. The number of azide groups is 1. The van der Waals surface area contributed by atoms with Gasteiger partial charge in [0.1, 0.15) is 0 Å². The molecule has 0 aromatic heterocycles.